The number of carbonyl (C=O) groups is 1. The fraction of sp³-hybridized carbons (Fsp3) is 0.562. The monoisotopic (exact) mass is 393 g/mol. The number of benzene rings is 1. The van der Waals surface area contributed by atoms with E-state index in [1.54, 1.807) is 0 Å². The zero-order valence-corrected chi connectivity index (χ0v) is 15.7. The molecule has 26 heavy (non-hydrogen) atoms. The lowest BCUT2D eigenvalue weighted by Crippen LogP contribution is -2.37. The minimum Gasteiger partial charge on any atom is -0.371 e. The van der Waals surface area contributed by atoms with E-state index in [4.69, 9.17) is 0 Å². The summed E-state index contributed by atoms with van der Waals surface area (Å²) in [5.41, 5.74) is 0.417. The highest BCUT2D eigenvalue weighted by molar-refractivity contribution is 7.89. The second-order valence-corrected chi connectivity index (χ2v) is 8.59. The molecule has 0 bridgehead atoms. The van der Waals surface area contributed by atoms with Gasteiger partial charge in [-0.15, -0.1) is 0 Å². The molecule has 0 radical (unpaired) electrons. The summed E-state index contributed by atoms with van der Waals surface area (Å²) in [7, 11) is -0.0635. The molecule has 1 aromatic carbocycles. The van der Waals surface area contributed by atoms with E-state index in [0.29, 0.717) is 23.7 Å². The van der Waals surface area contributed by atoms with Gasteiger partial charge in [0.2, 0.25) is 10.0 Å². The summed E-state index contributed by atoms with van der Waals surface area (Å²) in [6.45, 7) is -0.0674. The molecule has 1 saturated heterocycles. The van der Waals surface area contributed by atoms with Crippen LogP contribution in [-0.2, 0) is 10.0 Å². The van der Waals surface area contributed by atoms with Gasteiger partial charge in [0.15, 0.2) is 0 Å². The first-order chi connectivity index (χ1) is 11.9. The Labute approximate surface area is 151 Å². The third kappa shape index (κ3) is 4.47. The van der Waals surface area contributed by atoms with Gasteiger partial charge in [-0.2, -0.15) is 13.2 Å². The number of anilines is 1. The lowest BCUT2D eigenvalue weighted by atomic mass is 10.1. The summed E-state index contributed by atoms with van der Waals surface area (Å²) in [6.07, 6.45) is -2.72. The van der Waals surface area contributed by atoms with Gasteiger partial charge in [0.1, 0.15) is 6.54 Å². The van der Waals surface area contributed by atoms with E-state index in [0.717, 1.165) is 30.3 Å². The Bertz CT molecular complexity index is 773. The number of alkyl halides is 3. The SMILES string of the molecule is CN(CC(F)(F)F)C(=O)c1cc(S(=O)(=O)N(C)C)ccc1N1CCCC1. The fourth-order valence-electron chi connectivity index (χ4n) is 2.84. The molecule has 6 nitrogen and oxygen atoms in total. The number of nitrogens with zero attached hydrogens (tertiary/aromatic N) is 3. The van der Waals surface area contributed by atoms with E-state index >= 15 is 0 Å². The first-order valence-electron chi connectivity index (χ1n) is 8.07. The van der Waals surface area contributed by atoms with Gasteiger partial charge in [0.05, 0.1) is 10.5 Å². The highest BCUT2D eigenvalue weighted by Gasteiger charge is 2.33. The molecule has 0 saturated carbocycles. The number of rotatable bonds is 5. The van der Waals surface area contributed by atoms with E-state index in [1.807, 2.05) is 4.90 Å². The second kappa shape index (κ2) is 7.43. The van der Waals surface area contributed by atoms with Crippen LogP contribution in [0.15, 0.2) is 23.1 Å². The van der Waals surface area contributed by atoms with Gasteiger partial charge in [0.25, 0.3) is 5.91 Å². The average molecular weight is 393 g/mol. The topological polar surface area (TPSA) is 60.9 Å². The van der Waals surface area contributed by atoms with Gasteiger partial charge < -0.3 is 9.80 Å². The number of hydrogen-bond acceptors (Lipinski definition) is 4. The molecule has 1 aromatic rings. The van der Waals surface area contributed by atoms with Gasteiger partial charge in [0, 0.05) is 39.9 Å². The number of carbonyl (C=O) groups excluding carboxylic acids is 1. The second-order valence-electron chi connectivity index (χ2n) is 6.44. The lowest BCUT2D eigenvalue weighted by Gasteiger charge is -2.25. The van der Waals surface area contributed by atoms with Crippen LogP contribution >= 0.6 is 0 Å². The Balaban J connectivity index is 2.49. The molecule has 0 unspecified atom stereocenters. The normalized spacial score (nSPS) is 15.6. The molecule has 2 rings (SSSR count). The quantitative estimate of drug-likeness (QED) is 0.769. The highest BCUT2D eigenvalue weighted by Crippen LogP contribution is 2.29. The summed E-state index contributed by atoms with van der Waals surface area (Å²) < 4.78 is 63.6. The lowest BCUT2D eigenvalue weighted by molar-refractivity contribution is -0.138. The number of halogens is 3. The van der Waals surface area contributed by atoms with Crippen molar-refractivity contribution in [2.24, 2.45) is 0 Å². The van der Waals surface area contributed by atoms with Crippen molar-refractivity contribution in [2.45, 2.75) is 23.9 Å². The summed E-state index contributed by atoms with van der Waals surface area (Å²) >= 11 is 0. The molecule has 1 fully saturated rings. The van der Waals surface area contributed by atoms with Crippen LogP contribution in [-0.4, -0.2) is 70.5 Å². The zero-order chi connectivity index (χ0) is 19.7. The minimum atomic E-state index is -4.54. The Morgan fingerprint density at radius 1 is 1.15 bits per heavy atom. The maximum Gasteiger partial charge on any atom is 0.406 e. The maximum absolute atomic E-state index is 12.7. The van der Waals surface area contributed by atoms with Gasteiger partial charge in [-0.25, -0.2) is 12.7 Å². The van der Waals surface area contributed by atoms with Gasteiger partial charge in [-0.05, 0) is 31.0 Å². The van der Waals surface area contributed by atoms with Gasteiger partial charge >= 0.3 is 6.18 Å². The Kier molecular flexibility index (Phi) is 5.86. The minimum absolute atomic E-state index is 0.0402. The standard InChI is InChI=1S/C16H22F3N3O3S/c1-20(2)26(24,25)12-6-7-14(22-8-4-5-9-22)13(10-12)15(23)21(3)11-16(17,18)19/h6-7,10H,4-5,8-9,11H2,1-3H3. The van der Waals surface area contributed by atoms with Crippen LogP contribution in [0.4, 0.5) is 18.9 Å². The van der Waals surface area contributed by atoms with E-state index in [9.17, 15) is 26.4 Å². The molecule has 1 aliphatic rings. The largest absolute Gasteiger partial charge is 0.406 e. The molecule has 0 spiro atoms. The molecule has 0 aliphatic carbocycles. The molecular formula is C16H22F3N3O3S. The van der Waals surface area contributed by atoms with Crippen LogP contribution in [0.25, 0.3) is 0 Å². The molecule has 1 aliphatic heterocycles. The molecule has 0 N–H and O–H groups in total. The predicted molar refractivity (Wildman–Crippen MR) is 91.8 cm³/mol. The van der Waals surface area contributed by atoms with E-state index in [2.05, 4.69) is 0 Å². The van der Waals surface area contributed by atoms with Crippen molar-refractivity contribution in [1.29, 1.82) is 0 Å². The summed E-state index contributed by atoms with van der Waals surface area (Å²) in [6, 6.07) is 4.04. The van der Waals surface area contributed by atoms with Crippen LogP contribution in [0.2, 0.25) is 0 Å². The van der Waals surface area contributed by atoms with E-state index in [-0.39, 0.29) is 10.5 Å². The zero-order valence-electron chi connectivity index (χ0n) is 14.9. The third-order valence-corrected chi connectivity index (χ3v) is 6.00. The van der Waals surface area contributed by atoms with Crippen LogP contribution in [0.3, 0.4) is 0 Å². The van der Waals surface area contributed by atoms with Crippen molar-refractivity contribution >= 4 is 21.6 Å². The summed E-state index contributed by atoms with van der Waals surface area (Å²) in [5, 5.41) is 0. The highest BCUT2D eigenvalue weighted by atomic mass is 32.2. The van der Waals surface area contributed by atoms with E-state index in [1.165, 1.54) is 26.2 Å². The first kappa shape index (κ1) is 20.5. The number of hydrogen-bond donors (Lipinski definition) is 0. The molecule has 0 aromatic heterocycles. The number of sulfonamides is 1. The van der Waals surface area contributed by atoms with Crippen molar-refractivity contribution in [3.8, 4) is 0 Å². The predicted octanol–water partition coefficient (Wildman–Crippen LogP) is 2.17. The van der Waals surface area contributed by atoms with Crippen LogP contribution in [0.1, 0.15) is 23.2 Å². The Morgan fingerprint density at radius 3 is 2.23 bits per heavy atom. The van der Waals surface area contributed by atoms with Crippen molar-refractivity contribution in [1.82, 2.24) is 9.21 Å². The third-order valence-electron chi connectivity index (χ3n) is 4.19. The van der Waals surface area contributed by atoms with Crippen molar-refractivity contribution < 1.29 is 26.4 Å². The van der Waals surface area contributed by atoms with Gasteiger partial charge in [-0.3, -0.25) is 4.79 Å². The molecule has 1 amide bonds. The molecule has 146 valence electrons. The Hall–Kier alpha value is -1.81. The number of amides is 1. The first-order valence-corrected chi connectivity index (χ1v) is 9.51. The van der Waals surface area contributed by atoms with Crippen molar-refractivity contribution in [2.75, 3.05) is 45.7 Å². The smallest absolute Gasteiger partial charge is 0.371 e. The maximum atomic E-state index is 12.7. The molecular weight excluding hydrogens is 371 g/mol. The van der Waals surface area contributed by atoms with Crippen molar-refractivity contribution in [3.05, 3.63) is 23.8 Å². The summed E-state index contributed by atoms with van der Waals surface area (Å²) in [4.78, 5) is 15.0. The van der Waals surface area contributed by atoms with Gasteiger partial charge in [-0.1, -0.05) is 0 Å². The summed E-state index contributed by atoms with van der Waals surface area (Å²) in [5.74, 6) is -0.861. The molecule has 0 atom stereocenters. The van der Waals surface area contributed by atoms with Crippen LogP contribution < -0.4 is 4.90 Å². The Morgan fingerprint density at radius 2 is 1.73 bits per heavy atom. The van der Waals surface area contributed by atoms with E-state index < -0.39 is 28.7 Å². The van der Waals surface area contributed by atoms with Crippen molar-refractivity contribution in [3.63, 3.8) is 0 Å². The van der Waals surface area contributed by atoms with Crippen LogP contribution in [0, 0.1) is 0 Å². The fourth-order valence-corrected chi connectivity index (χ4v) is 3.77. The van der Waals surface area contributed by atoms with Crippen LogP contribution in [0.5, 0.6) is 0 Å². The average Bonchev–Trinajstić information content (AvgIpc) is 3.06. The molecule has 10 heteroatoms. The molecule has 1 heterocycles.